The summed E-state index contributed by atoms with van der Waals surface area (Å²) in [5.41, 5.74) is 4.41. The van der Waals surface area contributed by atoms with Crippen molar-refractivity contribution in [1.29, 1.82) is 0 Å². The first kappa shape index (κ1) is 20.6. The molecule has 8 rings (SSSR count). The van der Waals surface area contributed by atoms with Crippen LogP contribution in [0.5, 0.6) is 0 Å². The van der Waals surface area contributed by atoms with Crippen molar-refractivity contribution in [2.75, 3.05) is 0 Å². The van der Waals surface area contributed by atoms with E-state index >= 15 is 0 Å². The summed E-state index contributed by atoms with van der Waals surface area (Å²) in [4.78, 5) is 9.56. The lowest BCUT2D eigenvalue weighted by atomic mass is 9.94. The van der Waals surface area contributed by atoms with E-state index in [-0.39, 0.29) is 0 Å². The summed E-state index contributed by atoms with van der Waals surface area (Å²) in [6.45, 7) is 0. The van der Waals surface area contributed by atoms with E-state index in [4.69, 9.17) is 4.98 Å². The minimum atomic E-state index is 0.978. The topological polar surface area (TPSA) is 25.8 Å². The monoisotopic (exact) mass is 488 g/mol. The average molecular weight is 489 g/mol. The number of nitrogens with zero attached hydrogens (tertiary/aromatic N) is 2. The van der Waals surface area contributed by atoms with Gasteiger partial charge in [0.15, 0.2) is 0 Å². The Hall–Kier alpha value is -4.60. The van der Waals surface area contributed by atoms with Crippen LogP contribution < -0.4 is 0 Å². The third-order valence-electron chi connectivity index (χ3n) is 7.38. The summed E-state index contributed by atoms with van der Waals surface area (Å²) in [5, 5.41) is 9.95. The Labute approximate surface area is 217 Å². The molecule has 0 unspecified atom stereocenters. The first-order chi connectivity index (χ1) is 18.3. The van der Waals surface area contributed by atoms with Gasteiger partial charge in [0.1, 0.15) is 0 Å². The highest BCUT2D eigenvalue weighted by atomic mass is 32.1. The molecule has 3 heteroatoms. The predicted molar refractivity (Wildman–Crippen MR) is 158 cm³/mol. The fourth-order valence-corrected chi connectivity index (χ4v) is 6.85. The van der Waals surface area contributed by atoms with Gasteiger partial charge in [-0.3, -0.25) is 9.97 Å². The molecule has 172 valence electrons. The summed E-state index contributed by atoms with van der Waals surface area (Å²) < 4.78 is 2.57. The summed E-state index contributed by atoms with van der Waals surface area (Å²) in [7, 11) is 0. The van der Waals surface area contributed by atoms with E-state index in [1.807, 2.05) is 29.9 Å². The second-order valence-corrected chi connectivity index (χ2v) is 10.5. The van der Waals surface area contributed by atoms with Crippen molar-refractivity contribution in [3.63, 3.8) is 0 Å². The van der Waals surface area contributed by atoms with Gasteiger partial charge in [-0.1, -0.05) is 84.9 Å². The number of fused-ring (bicyclic) bond motifs is 9. The number of pyridine rings is 2. The predicted octanol–water partition coefficient (Wildman–Crippen LogP) is 9.64. The maximum Gasteiger partial charge on any atom is 0.0708 e. The van der Waals surface area contributed by atoms with Gasteiger partial charge < -0.3 is 0 Å². The molecule has 0 bridgehead atoms. The summed E-state index contributed by atoms with van der Waals surface area (Å²) >= 11 is 1.83. The molecule has 0 radical (unpaired) electrons. The van der Waals surface area contributed by atoms with Gasteiger partial charge in [0.05, 0.1) is 5.69 Å². The molecule has 2 nitrogen and oxygen atoms in total. The zero-order valence-electron chi connectivity index (χ0n) is 19.8. The van der Waals surface area contributed by atoms with Crippen molar-refractivity contribution in [2.24, 2.45) is 0 Å². The molecule has 8 aromatic rings. The van der Waals surface area contributed by atoms with Crippen molar-refractivity contribution in [3.05, 3.63) is 122 Å². The van der Waals surface area contributed by atoms with Crippen LogP contribution in [0.25, 0.3) is 74.9 Å². The van der Waals surface area contributed by atoms with Gasteiger partial charge in [0.2, 0.25) is 0 Å². The van der Waals surface area contributed by atoms with Crippen LogP contribution in [0, 0.1) is 0 Å². The zero-order chi connectivity index (χ0) is 24.3. The Balaban J connectivity index is 1.34. The molecule has 0 amide bonds. The second-order valence-electron chi connectivity index (χ2n) is 9.45. The van der Waals surface area contributed by atoms with E-state index in [1.165, 1.54) is 52.5 Å². The molecule has 0 spiro atoms. The summed E-state index contributed by atoms with van der Waals surface area (Å²) in [5.74, 6) is 0. The first-order valence-electron chi connectivity index (χ1n) is 12.4. The van der Waals surface area contributed by atoms with Gasteiger partial charge in [-0.05, 0) is 50.7 Å². The molecule has 0 aliphatic carbocycles. The van der Waals surface area contributed by atoms with Gasteiger partial charge in [0.25, 0.3) is 0 Å². The van der Waals surface area contributed by atoms with Crippen molar-refractivity contribution in [3.8, 4) is 22.4 Å². The number of benzene rings is 5. The van der Waals surface area contributed by atoms with Gasteiger partial charge in [-0.2, -0.15) is 0 Å². The molecule has 37 heavy (non-hydrogen) atoms. The SMILES string of the molecule is c1cc(-c2cc3c4ccccc4c4ccccc4c3cn2)cc(-c2cncc3c2sc2ccccc23)c1. The molecule has 0 aliphatic rings. The molecule has 0 fully saturated rings. The average Bonchev–Trinajstić information content (AvgIpc) is 3.36. The molecule has 3 heterocycles. The fraction of sp³-hybridized carbons (Fsp3) is 0. The number of thiophene rings is 1. The van der Waals surface area contributed by atoms with Crippen LogP contribution in [-0.4, -0.2) is 9.97 Å². The van der Waals surface area contributed by atoms with E-state index in [0.29, 0.717) is 0 Å². The van der Waals surface area contributed by atoms with E-state index in [9.17, 15) is 0 Å². The largest absolute Gasteiger partial charge is 0.263 e. The van der Waals surface area contributed by atoms with Gasteiger partial charge >= 0.3 is 0 Å². The molecule has 5 aromatic carbocycles. The second kappa shape index (κ2) is 7.95. The third-order valence-corrected chi connectivity index (χ3v) is 8.60. The molecular formula is C34H20N2S. The lowest BCUT2D eigenvalue weighted by Crippen LogP contribution is -1.89. The van der Waals surface area contributed by atoms with Crippen LogP contribution in [0.1, 0.15) is 0 Å². The molecule has 0 atom stereocenters. The maximum atomic E-state index is 4.95. The van der Waals surface area contributed by atoms with Gasteiger partial charge in [0, 0.05) is 55.3 Å². The van der Waals surface area contributed by atoms with Crippen LogP contribution >= 0.6 is 11.3 Å². The summed E-state index contributed by atoms with van der Waals surface area (Å²) in [6, 6.07) is 36.8. The molecule has 0 aliphatic heterocycles. The Morgan fingerprint density at radius 3 is 1.89 bits per heavy atom. The Morgan fingerprint density at radius 2 is 1.11 bits per heavy atom. The van der Waals surface area contributed by atoms with Crippen LogP contribution in [0.4, 0.5) is 0 Å². The maximum absolute atomic E-state index is 4.95. The van der Waals surface area contributed by atoms with Crippen molar-refractivity contribution in [1.82, 2.24) is 9.97 Å². The highest BCUT2D eigenvalue weighted by Crippen LogP contribution is 2.40. The van der Waals surface area contributed by atoms with Crippen LogP contribution in [-0.2, 0) is 0 Å². The standard InChI is InChI=1S/C34H20N2S/c1-3-12-25-23(10-1)24-11-2-4-13-26(24)30-20-36-32(17-28(25)30)22-9-7-8-21(16-22)29-18-35-19-31-27-14-5-6-15-33(27)37-34(29)31/h1-20H. The Morgan fingerprint density at radius 1 is 0.459 bits per heavy atom. The van der Waals surface area contributed by atoms with Gasteiger partial charge in [-0.25, -0.2) is 0 Å². The molecule has 0 saturated heterocycles. The zero-order valence-corrected chi connectivity index (χ0v) is 20.7. The third kappa shape index (κ3) is 3.11. The van der Waals surface area contributed by atoms with Crippen molar-refractivity contribution < 1.29 is 0 Å². The lowest BCUT2D eigenvalue weighted by molar-refractivity contribution is 1.35. The number of aromatic nitrogens is 2. The number of hydrogen-bond donors (Lipinski definition) is 0. The number of hydrogen-bond acceptors (Lipinski definition) is 3. The molecular weight excluding hydrogens is 468 g/mol. The molecule has 0 saturated carbocycles. The minimum Gasteiger partial charge on any atom is -0.263 e. The Bertz CT molecular complexity index is 2120. The highest BCUT2D eigenvalue weighted by molar-refractivity contribution is 7.26. The van der Waals surface area contributed by atoms with E-state index in [0.717, 1.165) is 22.4 Å². The highest BCUT2D eigenvalue weighted by Gasteiger charge is 2.13. The number of rotatable bonds is 2. The van der Waals surface area contributed by atoms with E-state index in [2.05, 4.69) is 108 Å². The Kier molecular flexibility index (Phi) is 4.42. The van der Waals surface area contributed by atoms with Crippen LogP contribution in [0.3, 0.4) is 0 Å². The lowest BCUT2D eigenvalue weighted by Gasteiger charge is -2.12. The van der Waals surface area contributed by atoms with Crippen LogP contribution in [0.15, 0.2) is 122 Å². The minimum absolute atomic E-state index is 0.978. The van der Waals surface area contributed by atoms with Crippen molar-refractivity contribution in [2.45, 2.75) is 0 Å². The van der Waals surface area contributed by atoms with Gasteiger partial charge in [-0.15, -0.1) is 11.3 Å². The molecule has 0 N–H and O–H groups in total. The summed E-state index contributed by atoms with van der Waals surface area (Å²) in [6.07, 6.45) is 6.02. The quantitative estimate of drug-likeness (QED) is 0.226. The van der Waals surface area contributed by atoms with E-state index in [1.54, 1.807) is 0 Å². The first-order valence-corrected chi connectivity index (χ1v) is 13.2. The van der Waals surface area contributed by atoms with E-state index < -0.39 is 0 Å². The van der Waals surface area contributed by atoms with Crippen LogP contribution in [0.2, 0.25) is 0 Å². The molecule has 3 aromatic heterocycles. The fourth-order valence-electron chi connectivity index (χ4n) is 5.65. The smallest absolute Gasteiger partial charge is 0.0708 e. The van der Waals surface area contributed by atoms with Crippen molar-refractivity contribution >= 4 is 63.8 Å². The normalized spacial score (nSPS) is 11.8.